The average molecular weight is 521 g/mol. The number of nitrogens with zero attached hydrogens (tertiary/aromatic N) is 2. The lowest BCUT2D eigenvalue weighted by Gasteiger charge is -2.31. The zero-order valence-electron chi connectivity index (χ0n) is 23.3. The number of unbranched alkanes of at least 4 members (excludes halogenated alkanes) is 2. The van der Waals surface area contributed by atoms with Crippen LogP contribution in [-0.4, -0.2) is 67.5 Å². The largest absolute Gasteiger partial charge is 0.445 e. The minimum Gasteiger partial charge on any atom is -0.445 e. The van der Waals surface area contributed by atoms with Crippen LogP contribution in [0.2, 0.25) is 0 Å². The van der Waals surface area contributed by atoms with Gasteiger partial charge in [0.1, 0.15) is 12.6 Å². The third kappa shape index (κ3) is 11.4. The Bertz CT molecular complexity index is 861. The molecular weight excluding hydrogens is 474 g/mol. The Labute approximate surface area is 222 Å². The second kappa shape index (κ2) is 17.6. The van der Waals surface area contributed by atoms with Crippen molar-refractivity contribution >= 4 is 18.0 Å². The molecule has 0 bridgehead atoms. The number of ether oxygens (including phenoxy) is 3. The van der Waals surface area contributed by atoms with Crippen LogP contribution in [0.4, 0.5) is 4.79 Å². The smallest absolute Gasteiger partial charge is 0.410 e. The van der Waals surface area contributed by atoms with Crippen LogP contribution in [0.15, 0.2) is 35.3 Å². The monoisotopic (exact) mass is 520 g/mol. The van der Waals surface area contributed by atoms with Crippen molar-refractivity contribution in [3.05, 3.63) is 35.9 Å². The van der Waals surface area contributed by atoms with Crippen LogP contribution in [0.5, 0.6) is 0 Å². The third-order valence-electron chi connectivity index (χ3n) is 5.98. The molecule has 1 aliphatic rings. The van der Waals surface area contributed by atoms with E-state index in [2.05, 4.69) is 24.2 Å². The lowest BCUT2D eigenvalue weighted by atomic mass is 10.1. The molecule has 1 aromatic carbocycles. The van der Waals surface area contributed by atoms with Gasteiger partial charge in [0.25, 0.3) is 0 Å². The second-order valence-electron chi connectivity index (χ2n) is 9.09. The molecule has 208 valence electrons. The maximum Gasteiger partial charge on any atom is 0.410 e. The molecule has 10 heteroatoms. The molecule has 37 heavy (non-hydrogen) atoms. The first-order valence-corrected chi connectivity index (χ1v) is 13.4. The molecule has 0 aromatic heterocycles. The number of amides is 2. The number of carbonyl (C=O) groups is 2. The SMILES string of the molecule is [2H][C@@]1(C(=O)N[C@@H](CCCN=C(N)N)C(OCCCC)OCCCC)CCCN1C(=O)OCc1ccccc1. The number of hydrogen-bond acceptors (Lipinski definition) is 6. The molecule has 1 fully saturated rings. The molecule has 0 radical (unpaired) electrons. The summed E-state index contributed by atoms with van der Waals surface area (Å²) in [5.74, 6) is -0.581. The van der Waals surface area contributed by atoms with E-state index in [4.69, 9.17) is 27.0 Å². The molecule has 5 N–H and O–H groups in total. The highest BCUT2D eigenvalue weighted by Crippen LogP contribution is 2.20. The number of nitrogens with one attached hydrogen (secondary N) is 1. The van der Waals surface area contributed by atoms with Gasteiger partial charge in [0.2, 0.25) is 5.91 Å². The van der Waals surface area contributed by atoms with Crippen molar-refractivity contribution in [2.45, 2.75) is 90.2 Å². The number of benzene rings is 1. The molecule has 10 nitrogen and oxygen atoms in total. The lowest BCUT2D eigenvalue weighted by molar-refractivity contribution is -0.166. The maximum absolute atomic E-state index is 13.5. The highest BCUT2D eigenvalue weighted by molar-refractivity contribution is 5.86. The fourth-order valence-corrected chi connectivity index (χ4v) is 3.92. The fourth-order valence-electron chi connectivity index (χ4n) is 3.92. The Kier molecular flexibility index (Phi) is 13.6. The normalized spacial score (nSPS) is 18.4. The maximum atomic E-state index is 13.5. The zero-order valence-corrected chi connectivity index (χ0v) is 22.3. The summed E-state index contributed by atoms with van der Waals surface area (Å²) >= 11 is 0. The molecule has 0 unspecified atom stereocenters. The van der Waals surface area contributed by atoms with Crippen molar-refractivity contribution in [2.24, 2.45) is 16.5 Å². The van der Waals surface area contributed by atoms with E-state index in [1.807, 2.05) is 30.3 Å². The number of nitrogens with two attached hydrogens (primary N) is 2. The van der Waals surface area contributed by atoms with Crippen LogP contribution >= 0.6 is 0 Å². The standard InChI is InChI=1S/C27H45N5O5/c1-3-5-18-35-25(36-19-6-4-2)22(14-10-16-30-26(28)29)31-24(33)23-15-11-17-32(23)27(34)37-20-21-12-8-7-9-13-21/h7-9,12-13,22-23,25H,3-6,10-11,14-20H2,1-2H3,(H,31,33)(H4,28,29,30)/t22-,23-/m0/s1/i23D. The van der Waals surface area contributed by atoms with Gasteiger partial charge in [-0.05, 0) is 44.1 Å². The molecule has 0 saturated carbocycles. The lowest BCUT2D eigenvalue weighted by Crippen LogP contribution is -2.53. The number of hydrogen-bond donors (Lipinski definition) is 3. The van der Waals surface area contributed by atoms with E-state index in [1.165, 1.54) is 4.90 Å². The number of carbonyl (C=O) groups excluding carboxylic acids is 2. The predicted octanol–water partition coefficient (Wildman–Crippen LogP) is 3.29. The quantitative estimate of drug-likeness (QED) is 0.124. The van der Waals surface area contributed by atoms with E-state index < -0.39 is 30.4 Å². The first-order valence-electron chi connectivity index (χ1n) is 13.9. The zero-order chi connectivity index (χ0) is 27.8. The van der Waals surface area contributed by atoms with E-state index in [9.17, 15) is 9.59 Å². The van der Waals surface area contributed by atoms with Crippen LogP contribution in [0.25, 0.3) is 0 Å². The molecule has 1 saturated heterocycles. The van der Waals surface area contributed by atoms with Crippen molar-refractivity contribution < 1.29 is 25.2 Å². The summed E-state index contributed by atoms with van der Waals surface area (Å²) in [5, 5.41) is 2.96. The molecule has 1 heterocycles. The van der Waals surface area contributed by atoms with Crippen LogP contribution in [0, 0.1) is 0 Å². The van der Waals surface area contributed by atoms with Crippen molar-refractivity contribution in [1.29, 1.82) is 0 Å². The van der Waals surface area contributed by atoms with Gasteiger partial charge in [0.15, 0.2) is 12.2 Å². The van der Waals surface area contributed by atoms with Gasteiger partial charge < -0.3 is 31.0 Å². The Hall–Kier alpha value is -2.85. The van der Waals surface area contributed by atoms with Crippen molar-refractivity contribution in [2.75, 3.05) is 26.3 Å². The van der Waals surface area contributed by atoms with Crippen molar-refractivity contribution in [3.8, 4) is 0 Å². The Morgan fingerprint density at radius 1 is 1.14 bits per heavy atom. The first kappa shape index (κ1) is 28.7. The summed E-state index contributed by atoms with van der Waals surface area (Å²) < 4.78 is 26.5. The molecule has 2 rings (SSSR count). The summed E-state index contributed by atoms with van der Waals surface area (Å²) in [6.45, 7) is 5.83. The predicted molar refractivity (Wildman–Crippen MR) is 144 cm³/mol. The van der Waals surface area contributed by atoms with Gasteiger partial charge in [-0.25, -0.2) is 4.79 Å². The van der Waals surface area contributed by atoms with Crippen LogP contribution in [-0.2, 0) is 25.6 Å². The van der Waals surface area contributed by atoms with Gasteiger partial charge in [0, 0.05) is 26.3 Å². The highest BCUT2D eigenvalue weighted by Gasteiger charge is 2.37. The summed E-state index contributed by atoms with van der Waals surface area (Å²) in [6.07, 6.45) is 4.01. The Morgan fingerprint density at radius 3 is 2.43 bits per heavy atom. The summed E-state index contributed by atoms with van der Waals surface area (Å²) in [5.41, 5.74) is 11.7. The molecule has 1 aliphatic heterocycles. The van der Waals surface area contributed by atoms with E-state index in [-0.39, 0.29) is 25.5 Å². The van der Waals surface area contributed by atoms with Gasteiger partial charge in [0.05, 0.1) is 7.41 Å². The molecule has 2 amide bonds. The Balaban J connectivity index is 2.13. The molecule has 1 aromatic rings. The number of rotatable bonds is 17. The molecule has 2 atom stereocenters. The second-order valence-corrected chi connectivity index (χ2v) is 9.09. The van der Waals surface area contributed by atoms with Crippen LogP contribution < -0.4 is 16.8 Å². The highest BCUT2D eigenvalue weighted by atomic mass is 16.7. The van der Waals surface area contributed by atoms with Crippen molar-refractivity contribution in [3.63, 3.8) is 0 Å². The Morgan fingerprint density at radius 2 is 1.81 bits per heavy atom. The first-order chi connectivity index (χ1) is 18.3. The van der Waals surface area contributed by atoms with Gasteiger partial charge >= 0.3 is 6.09 Å². The minimum atomic E-state index is -1.79. The molecule has 0 spiro atoms. The number of aliphatic imine (C=N–C) groups is 1. The molecule has 0 aliphatic carbocycles. The van der Waals surface area contributed by atoms with Gasteiger partial charge in [-0.2, -0.15) is 0 Å². The van der Waals surface area contributed by atoms with E-state index in [0.29, 0.717) is 39.0 Å². The van der Waals surface area contributed by atoms with Crippen LogP contribution in [0.3, 0.4) is 0 Å². The third-order valence-corrected chi connectivity index (χ3v) is 5.98. The van der Waals surface area contributed by atoms with E-state index >= 15 is 0 Å². The number of guanidine groups is 1. The average Bonchev–Trinajstić information content (AvgIpc) is 3.31. The summed E-state index contributed by atoms with van der Waals surface area (Å²) in [4.78, 5) is 31.7. The van der Waals surface area contributed by atoms with E-state index in [0.717, 1.165) is 31.2 Å². The van der Waals surface area contributed by atoms with Crippen LogP contribution in [0.1, 0.15) is 72.1 Å². The fraction of sp³-hybridized carbons (Fsp3) is 0.667. The summed E-state index contributed by atoms with van der Waals surface area (Å²) in [6, 6.07) is 6.96. The van der Waals surface area contributed by atoms with Gasteiger partial charge in [-0.1, -0.05) is 57.0 Å². The van der Waals surface area contributed by atoms with Gasteiger partial charge in [-0.3, -0.25) is 14.7 Å². The molecular formula is C27H45N5O5. The van der Waals surface area contributed by atoms with Gasteiger partial charge in [-0.15, -0.1) is 0 Å². The van der Waals surface area contributed by atoms with E-state index in [1.54, 1.807) is 0 Å². The minimum absolute atomic E-state index is 0.00116. The van der Waals surface area contributed by atoms with Crippen molar-refractivity contribution in [1.82, 2.24) is 10.2 Å². The summed E-state index contributed by atoms with van der Waals surface area (Å²) in [7, 11) is 0. The topological polar surface area (TPSA) is 142 Å². The number of likely N-dealkylation sites (tertiary alicyclic amines) is 1.